The number of hydrogen-bond acceptors (Lipinski definition) is 16. The van der Waals surface area contributed by atoms with Crippen LogP contribution in [0.1, 0.15) is 171 Å². The van der Waals surface area contributed by atoms with Crippen LogP contribution < -0.4 is 37.1 Å². The van der Waals surface area contributed by atoms with Gasteiger partial charge in [0.2, 0.25) is 17.7 Å². The van der Waals surface area contributed by atoms with Gasteiger partial charge in [-0.1, -0.05) is 345 Å². The van der Waals surface area contributed by atoms with E-state index < -0.39 is 101 Å². The van der Waals surface area contributed by atoms with E-state index in [0.717, 1.165) is 43.0 Å². The van der Waals surface area contributed by atoms with Crippen molar-refractivity contribution in [3.63, 3.8) is 0 Å². The van der Waals surface area contributed by atoms with Gasteiger partial charge in [0.05, 0.1) is 74.0 Å². The highest BCUT2D eigenvalue weighted by Crippen LogP contribution is 2.54. The lowest BCUT2D eigenvalue weighted by Crippen LogP contribution is -2.69. The average molecular weight is 1960 g/mol. The summed E-state index contributed by atoms with van der Waals surface area (Å²) in [7, 11) is -8.28. The molecule has 0 aliphatic carbocycles. The molecule has 19 nitrogen and oxygen atoms in total. The molecule has 0 spiro atoms. The molecule has 3 saturated heterocycles. The Morgan fingerprint density at radius 3 is 0.956 bits per heavy atom. The number of likely N-dealkylation sites (tertiary alicyclic amines) is 2. The Hall–Kier alpha value is -9.95. The Morgan fingerprint density at radius 2 is 0.672 bits per heavy atom. The largest absolute Gasteiger partial charge is 0.457 e. The fraction of sp³-hybridized carbons (Fsp3) is 0.393. The van der Waals surface area contributed by atoms with Crippen molar-refractivity contribution >= 4 is 137 Å². The van der Waals surface area contributed by atoms with Crippen molar-refractivity contribution in [1.29, 1.82) is 0 Å². The first-order chi connectivity index (χ1) is 64.4. The molecule has 12 rings (SSSR count). The smallest absolute Gasteiger partial charge is 0.356 e. The number of aliphatic hydroxyl groups excluding tert-OH is 2. The number of nitrogens with zero attached hydrogens (tertiary/aromatic N) is 2. The van der Waals surface area contributed by atoms with E-state index in [-0.39, 0.29) is 117 Å². The first-order valence-corrected chi connectivity index (χ1v) is 62.8. The number of ether oxygens (including phenoxy) is 2. The molecule has 3 aliphatic heterocycles. The van der Waals surface area contributed by atoms with Crippen molar-refractivity contribution in [2.45, 2.75) is 252 Å². The summed E-state index contributed by atoms with van der Waals surface area (Å²) in [5.41, 5.74) is 4.45. The van der Waals surface area contributed by atoms with Crippen LogP contribution in [0.5, 0.6) is 0 Å². The Balaban J connectivity index is 0.000000221. The maximum Gasteiger partial charge on any atom is 0.356 e. The SMILES string of the molecule is C=CCOC(=O)C(N1C(=O)[C@H]([C@@H](C)O)[C@H]1CC(=O)c1cccc(CO)c1)=P(c1ccccc1)(c1ccccc1)c1ccccc1.C=CCOC(=O)C(N1C(=O)[C@H]([C@@H](C)O[Si](C)(C)C(C)(C)C)[C@H]1CC(=O)c1cccc(CO[Si](C)(C)C(C)(C)C)c1)=P(c1ccccc1)(c1ccccc1)c1ccccc1.C[C@@H](O[Si](C)(C)C(C)(C)C)[C@H]1C(=O)N[C@@H]1CC(=O)c1cccc(CO[Si](C)(C)C(C)(C)C)c1. The maximum atomic E-state index is 15.2. The molecule has 0 unspecified atom stereocenters. The van der Waals surface area contributed by atoms with Gasteiger partial charge in [0.1, 0.15) is 24.0 Å². The summed E-state index contributed by atoms with van der Waals surface area (Å²) in [6, 6.07) is 78.8. The van der Waals surface area contributed by atoms with Crippen molar-refractivity contribution < 1.29 is 75.7 Å². The molecular formula is C112H145N3O16P2Si4. The van der Waals surface area contributed by atoms with Gasteiger partial charge >= 0.3 is 11.9 Å². The van der Waals surface area contributed by atoms with Gasteiger partial charge in [-0.3, -0.25) is 28.8 Å². The fourth-order valence-electron chi connectivity index (χ4n) is 16.9. The summed E-state index contributed by atoms with van der Waals surface area (Å²) in [6.07, 6.45) is 1.31. The molecule has 9 atom stereocenters. The zero-order valence-corrected chi connectivity index (χ0v) is 90.4. The lowest BCUT2D eigenvalue weighted by atomic mass is 9.79. The molecule has 3 aliphatic rings. The minimum Gasteiger partial charge on any atom is -0.457 e. The molecule has 0 saturated carbocycles. The zero-order valence-electron chi connectivity index (χ0n) is 84.6. The third kappa shape index (κ3) is 24.7. The minimum absolute atomic E-state index is 0.0180. The number of hydrogen-bond donors (Lipinski definition) is 3. The number of carbonyl (C=O) groups is 8. The predicted octanol–water partition coefficient (Wildman–Crippen LogP) is 20.0. The van der Waals surface area contributed by atoms with E-state index in [4.69, 9.17) is 27.2 Å². The summed E-state index contributed by atoms with van der Waals surface area (Å²) in [5.74, 6) is -4.31. The zero-order chi connectivity index (χ0) is 101. The number of benzene rings is 9. The van der Waals surface area contributed by atoms with Crippen LogP contribution in [0.15, 0.2) is 280 Å². The van der Waals surface area contributed by atoms with Gasteiger partial charge in [-0.2, -0.15) is 0 Å². The van der Waals surface area contributed by atoms with Crippen LogP contribution >= 0.6 is 13.8 Å². The molecule has 0 radical (unpaired) electrons. The van der Waals surface area contributed by atoms with Crippen LogP contribution in [0.25, 0.3) is 0 Å². The quantitative estimate of drug-likeness (QED) is 0.00817. The number of β-lactam (4-membered cyclic amide) rings is 3. The van der Waals surface area contributed by atoms with Crippen molar-refractivity contribution in [2.75, 3.05) is 13.2 Å². The highest BCUT2D eigenvalue weighted by molar-refractivity contribution is 7.97. The van der Waals surface area contributed by atoms with Gasteiger partial charge in [-0.05, 0) is 160 Å². The highest BCUT2D eigenvalue weighted by atomic mass is 31.2. The topological polar surface area (TPSA) is 251 Å². The Morgan fingerprint density at radius 1 is 0.394 bits per heavy atom. The molecule has 3 fully saturated rings. The lowest BCUT2D eigenvalue weighted by molar-refractivity contribution is -0.157. The van der Waals surface area contributed by atoms with Crippen molar-refractivity contribution in [2.24, 2.45) is 17.8 Å². The van der Waals surface area contributed by atoms with Crippen molar-refractivity contribution in [3.05, 3.63) is 313 Å². The number of ketones is 3. The Labute approximate surface area is 818 Å². The van der Waals surface area contributed by atoms with E-state index in [2.05, 4.69) is 154 Å². The van der Waals surface area contributed by atoms with E-state index in [1.807, 2.05) is 244 Å². The third-order valence-electron chi connectivity index (χ3n) is 28.6. The highest BCUT2D eigenvalue weighted by Gasteiger charge is 2.59. The molecule has 3 N–H and O–H groups in total. The summed E-state index contributed by atoms with van der Waals surface area (Å²) >= 11 is 0. The predicted molar refractivity (Wildman–Crippen MR) is 570 cm³/mol. The van der Waals surface area contributed by atoms with Crippen LogP contribution in [0.2, 0.25) is 72.5 Å². The van der Waals surface area contributed by atoms with Crippen LogP contribution in [-0.4, -0.2) is 161 Å². The second-order valence-corrected chi connectivity index (χ2v) is 67.9. The number of rotatable bonds is 37. The molecule has 3 heterocycles. The monoisotopic (exact) mass is 1960 g/mol. The van der Waals surface area contributed by atoms with Gasteiger partial charge in [-0.15, -0.1) is 0 Å². The molecule has 0 bridgehead atoms. The van der Waals surface area contributed by atoms with E-state index in [1.165, 1.54) is 24.0 Å². The van der Waals surface area contributed by atoms with Gasteiger partial charge in [0, 0.05) is 49.7 Å². The molecule has 730 valence electrons. The minimum atomic E-state index is -3.19. The molecule has 3 amide bonds. The summed E-state index contributed by atoms with van der Waals surface area (Å²) in [6.45, 7) is 51.2. The van der Waals surface area contributed by atoms with Crippen LogP contribution in [0.3, 0.4) is 0 Å². The number of aliphatic hydroxyl groups is 2. The number of carbonyl (C=O) groups excluding carboxylic acids is 8. The van der Waals surface area contributed by atoms with Crippen LogP contribution in [0, 0.1) is 17.8 Å². The molecular weight excluding hydrogens is 1820 g/mol. The van der Waals surface area contributed by atoms with E-state index in [0.29, 0.717) is 35.5 Å². The number of amides is 3. The number of esters is 2. The molecule has 0 aromatic heterocycles. The molecule has 9 aromatic rings. The van der Waals surface area contributed by atoms with Crippen molar-refractivity contribution in [1.82, 2.24) is 15.1 Å². The third-order valence-corrected chi connectivity index (χ3v) is 55.2. The van der Waals surface area contributed by atoms with Gasteiger partial charge in [-0.25, -0.2) is 9.59 Å². The van der Waals surface area contributed by atoms with Crippen LogP contribution in [-0.2, 0) is 71.0 Å². The summed E-state index contributed by atoms with van der Waals surface area (Å²) < 4.78 is 38.0. The summed E-state index contributed by atoms with van der Waals surface area (Å²) in [5, 5.41) is 28.6. The summed E-state index contributed by atoms with van der Waals surface area (Å²) in [4.78, 5) is 116. The maximum absolute atomic E-state index is 15.2. The van der Waals surface area contributed by atoms with Gasteiger partial charge in [0.15, 0.2) is 50.6 Å². The van der Waals surface area contributed by atoms with Crippen molar-refractivity contribution in [3.8, 4) is 0 Å². The number of nitrogens with one attached hydrogen (secondary N) is 1. The second kappa shape index (κ2) is 45.5. The normalized spacial score (nSPS) is 17.8. The molecule has 9 aromatic carbocycles. The first kappa shape index (κ1) is 109. The molecule has 25 heteroatoms. The lowest BCUT2D eigenvalue weighted by Gasteiger charge is -2.53. The van der Waals surface area contributed by atoms with Gasteiger partial charge in [0.25, 0.3) is 0 Å². The Bertz CT molecular complexity index is 5660. The second-order valence-electron chi connectivity index (χ2n) is 42.2. The molecule has 137 heavy (non-hydrogen) atoms. The van der Waals surface area contributed by atoms with E-state index >= 15 is 9.59 Å². The van der Waals surface area contributed by atoms with Crippen LogP contribution in [0.4, 0.5) is 0 Å². The van der Waals surface area contributed by atoms with E-state index in [1.54, 1.807) is 29.2 Å². The standard InChI is InChI=1S/C49H64NO6PSi2.C37H36NO6P.C26H45NO4Si2/c1-13-32-54-47(53)46(57(39-26-17-14-18-27-39,40-28-19-15-20-29-40)41-30-21-16-22-31-41)50-42(44(45(50)52)36(2)56-59(11,12)49(6,7)8)34-43(51)38-25-23-24-37(33-38)35-55-58(9,10)48(3,4)5;1-3-22-44-37(43)36(38-32(34(26(2)40)35(38)42)24-33(41)28-15-13-14-27(23-28)25-39)45(29-16-7-4-8-17-29,30-18-9-5-10-19-30)31-20-11-6-12-21-31;1-18(31-33(10,11)26(5,6)7)23-21(27-24(23)29)16-22(28)20-14-12-13-19(15-20)17-30-32(8,9)25(2,3)4/h13-31,33,36,42,44H,1,32,34-35H2,2-12H3;3-21,23,26,32,34,39-40H,1,22,24-25H2,2H3;12-15,18,21,23H,16-17H2,1-11H3,(H,27,29)/t36-,42-,44-;26-,32-,34-;18-,21-,23-/m111/s1. The average Bonchev–Trinajstić information content (AvgIpc) is 0.691. The Kier molecular flexibility index (Phi) is 36.2. The van der Waals surface area contributed by atoms with Gasteiger partial charge < -0.3 is 52.5 Å². The van der Waals surface area contributed by atoms with E-state index in [9.17, 15) is 39.0 Å². The first-order valence-electron chi connectivity index (χ1n) is 47.6. The number of Topliss-reactive ketones (excluding diaryl/α,β-unsaturated/α-hetero) is 3. The fourth-order valence-corrected chi connectivity index (χ4v) is 30.4.